The molecule has 0 amide bonds. The lowest BCUT2D eigenvalue weighted by Crippen LogP contribution is -1.99. The first-order valence-corrected chi connectivity index (χ1v) is 11.0. The molecule has 0 unspecified atom stereocenters. The van der Waals surface area contributed by atoms with Gasteiger partial charge in [-0.1, -0.05) is 23.4 Å². The fraction of sp³-hybridized carbons (Fsp3) is 0.154. The smallest absolute Gasteiger partial charge is 0.144 e. The minimum atomic E-state index is 0.660. The maximum Gasteiger partial charge on any atom is 0.144 e. The standard InChI is InChI=1S/C26H22N6O2/c1-13-22(14(2)34-32-13)18-11-20-17(12-21(18)33-4)23-25(28-15(3)29-26(23)31-20)30-19-9-5-7-16-8-6-10-27-24(16)19/h5-12H,1-4H3,(H2,28,29,30,31). The van der Waals surface area contributed by atoms with E-state index in [0.29, 0.717) is 11.6 Å². The normalized spacial score (nSPS) is 11.5. The largest absolute Gasteiger partial charge is 0.496 e. The van der Waals surface area contributed by atoms with Crippen LogP contribution in [0.4, 0.5) is 11.5 Å². The Morgan fingerprint density at radius 2 is 1.88 bits per heavy atom. The highest BCUT2D eigenvalue weighted by Gasteiger charge is 2.20. The first-order chi connectivity index (χ1) is 16.5. The van der Waals surface area contributed by atoms with Gasteiger partial charge in [0, 0.05) is 28.0 Å². The van der Waals surface area contributed by atoms with Crippen LogP contribution in [0, 0.1) is 20.8 Å². The van der Waals surface area contributed by atoms with Crippen molar-refractivity contribution in [3.63, 3.8) is 0 Å². The minimum Gasteiger partial charge on any atom is -0.496 e. The predicted octanol–water partition coefficient (Wildman–Crippen LogP) is 5.99. The number of nitrogens with zero attached hydrogens (tertiary/aromatic N) is 4. The van der Waals surface area contributed by atoms with Crippen molar-refractivity contribution in [3.05, 3.63) is 65.9 Å². The number of anilines is 2. The number of hydrogen-bond donors (Lipinski definition) is 2. The number of nitrogens with one attached hydrogen (secondary N) is 2. The van der Waals surface area contributed by atoms with Crippen molar-refractivity contribution >= 4 is 44.3 Å². The molecule has 2 N–H and O–H groups in total. The van der Waals surface area contributed by atoms with E-state index in [9.17, 15) is 0 Å². The van der Waals surface area contributed by atoms with E-state index in [-0.39, 0.29) is 0 Å². The van der Waals surface area contributed by atoms with Gasteiger partial charge in [0.05, 0.1) is 35.0 Å². The zero-order valence-electron chi connectivity index (χ0n) is 19.2. The van der Waals surface area contributed by atoms with Gasteiger partial charge in [0.25, 0.3) is 0 Å². The Hall–Kier alpha value is -4.46. The molecule has 0 aliphatic carbocycles. The molecule has 0 bridgehead atoms. The third-order valence-electron chi connectivity index (χ3n) is 6.07. The van der Waals surface area contributed by atoms with Crippen LogP contribution >= 0.6 is 0 Å². The number of para-hydroxylation sites is 1. The summed E-state index contributed by atoms with van der Waals surface area (Å²) in [7, 11) is 1.67. The van der Waals surface area contributed by atoms with E-state index in [0.717, 1.165) is 66.9 Å². The molecule has 0 saturated heterocycles. The van der Waals surface area contributed by atoms with Gasteiger partial charge in [-0.2, -0.15) is 0 Å². The average molecular weight is 451 g/mol. The Labute approximate surface area is 195 Å². The summed E-state index contributed by atoms with van der Waals surface area (Å²) >= 11 is 0. The molecule has 6 aromatic rings. The molecule has 0 saturated carbocycles. The Balaban J connectivity index is 1.59. The van der Waals surface area contributed by atoms with E-state index < -0.39 is 0 Å². The highest BCUT2D eigenvalue weighted by atomic mass is 16.5. The Morgan fingerprint density at radius 3 is 2.68 bits per heavy atom. The van der Waals surface area contributed by atoms with Crippen LogP contribution in [0.2, 0.25) is 0 Å². The number of rotatable bonds is 4. The molecular formula is C26H22N6O2. The summed E-state index contributed by atoms with van der Waals surface area (Å²) in [5.41, 5.74) is 6.09. The molecule has 4 aromatic heterocycles. The second kappa shape index (κ2) is 7.55. The number of aromatic nitrogens is 5. The van der Waals surface area contributed by atoms with E-state index in [1.54, 1.807) is 13.3 Å². The molecular weight excluding hydrogens is 428 g/mol. The maximum atomic E-state index is 5.79. The third kappa shape index (κ3) is 3.07. The van der Waals surface area contributed by atoms with Crippen LogP contribution in [0.25, 0.3) is 44.0 Å². The Morgan fingerprint density at radius 1 is 1.03 bits per heavy atom. The van der Waals surface area contributed by atoms with Gasteiger partial charge in [0.1, 0.15) is 28.8 Å². The maximum absolute atomic E-state index is 5.79. The Kier molecular flexibility index (Phi) is 4.48. The van der Waals surface area contributed by atoms with Crippen LogP contribution < -0.4 is 10.1 Å². The molecule has 0 fully saturated rings. The topological polar surface area (TPSA) is 102 Å². The number of H-pyrrole nitrogens is 1. The van der Waals surface area contributed by atoms with E-state index >= 15 is 0 Å². The summed E-state index contributed by atoms with van der Waals surface area (Å²) in [6, 6.07) is 14.1. The van der Waals surface area contributed by atoms with Gasteiger partial charge in [-0.25, -0.2) is 9.97 Å². The van der Waals surface area contributed by atoms with Gasteiger partial charge >= 0.3 is 0 Å². The van der Waals surface area contributed by atoms with Crippen LogP contribution in [0.1, 0.15) is 17.3 Å². The van der Waals surface area contributed by atoms with Crippen LogP contribution in [-0.4, -0.2) is 32.2 Å². The van der Waals surface area contributed by atoms with Crippen molar-refractivity contribution in [2.75, 3.05) is 12.4 Å². The number of pyridine rings is 1. The zero-order valence-corrected chi connectivity index (χ0v) is 19.2. The van der Waals surface area contributed by atoms with Gasteiger partial charge < -0.3 is 19.6 Å². The van der Waals surface area contributed by atoms with E-state index in [1.165, 1.54) is 0 Å². The zero-order chi connectivity index (χ0) is 23.4. The molecule has 4 heterocycles. The first-order valence-electron chi connectivity index (χ1n) is 11.0. The number of fused-ring (bicyclic) bond motifs is 4. The number of hydrogen-bond acceptors (Lipinski definition) is 7. The molecule has 0 atom stereocenters. The molecule has 8 nitrogen and oxygen atoms in total. The van der Waals surface area contributed by atoms with Crippen LogP contribution in [-0.2, 0) is 0 Å². The molecule has 8 heteroatoms. The number of methoxy groups -OCH3 is 1. The lowest BCUT2D eigenvalue weighted by molar-refractivity contribution is 0.393. The van der Waals surface area contributed by atoms with E-state index in [2.05, 4.69) is 31.5 Å². The van der Waals surface area contributed by atoms with Crippen LogP contribution in [0.5, 0.6) is 5.75 Å². The summed E-state index contributed by atoms with van der Waals surface area (Å²) in [6.07, 6.45) is 1.79. The number of aryl methyl sites for hydroxylation is 3. The minimum absolute atomic E-state index is 0.660. The van der Waals surface area contributed by atoms with Gasteiger partial charge in [0.2, 0.25) is 0 Å². The van der Waals surface area contributed by atoms with Crippen LogP contribution in [0.3, 0.4) is 0 Å². The average Bonchev–Trinajstić information content (AvgIpc) is 3.36. The number of benzene rings is 2. The predicted molar refractivity (Wildman–Crippen MR) is 133 cm³/mol. The number of ether oxygens (including phenoxy) is 1. The first kappa shape index (κ1) is 20.2. The van der Waals surface area contributed by atoms with E-state index in [1.807, 2.05) is 57.2 Å². The SMILES string of the molecule is COc1cc2c(cc1-c1c(C)noc1C)[nH]c1nc(C)nc(Nc3cccc4cccnc34)c12. The molecule has 34 heavy (non-hydrogen) atoms. The summed E-state index contributed by atoms with van der Waals surface area (Å²) in [5, 5.41) is 10.5. The molecule has 0 spiro atoms. The van der Waals surface area contributed by atoms with Crippen LogP contribution in [0.15, 0.2) is 53.2 Å². The summed E-state index contributed by atoms with van der Waals surface area (Å²) in [5.74, 6) is 2.83. The van der Waals surface area contributed by atoms with Gasteiger partial charge in [-0.15, -0.1) is 0 Å². The Bertz CT molecular complexity index is 1690. The van der Waals surface area contributed by atoms with Crippen molar-refractivity contribution < 1.29 is 9.26 Å². The third-order valence-corrected chi connectivity index (χ3v) is 6.07. The molecule has 0 aliphatic heterocycles. The molecule has 2 aromatic carbocycles. The lowest BCUT2D eigenvalue weighted by atomic mass is 10.0. The quantitative estimate of drug-likeness (QED) is 0.340. The monoisotopic (exact) mass is 450 g/mol. The van der Waals surface area contributed by atoms with Gasteiger partial charge in [-0.3, -0.25) is 4.98 Å². The van der Waals surface area contributed by atoms with Crippen molar-refractivity contribution in [1.29, 1.82) is 0 Å². The highest BCUT2D eigenvalue weighted by molar-refractivity contribution is 6.13. The van der Waals surface area contributed by atoms with Crippen molar-refractivity contribution in [1.82, 2.24) is 25.1 Å². The second-order valence-corrected chi connectivity index (χ2v) is 8.27. The molecule has 0 radical (unpaired) electrons. The van der Waals surface area contributed by atoms with E-state index in [4.69, 9.17) is 14.2 Å². The molecule has 6 rings (SSSR count). The second-order valence-electron chi connectivity index (χ2n) is 8.27. The summed E-state index contributed by atoms with van der Waals surface area (Å²) in [6.45, 7) is 5.71. The summed E-state index contributed by atoms with van der Waals surface area (Å²) < 4.78 is 11.2. The van der Waals surface area contributed by atoms with Crippen molar-refractivity contribution in [2.45, 2.75) is 20.8 Å². The van der Waals surface area contributed by atoms with Gasteiger partial charge in [-0.05, 0) is 45.0 Å². The lowest BCUT2D eigenvalue weighted by Gasteiger charge is -2.11. The fourth-order valence-corrected chi connectivity index (χ4v) is 4.59. The van der Waals surface area contributed by atoms with Crippen molar-refractivity contribution in [3.8, 4) is 16.9 Å². The molecule has 168 valence electrons. The summed E-state index contributed by atoms with van der Waals surface area (Å²) in [4.78, 5) is 17.4. The number of aromatic amines is 1. The highest BCUT2D eigenvalue weighted by Crippen LogP contribution is 2.41. The fourth-order valence-electron chi connectivity index (χ4n) is 4.59. The van der Waals surface area contributed by atoms with Crippen molar-refractivity contribution in [2.24, 2.45) is 0 Å². The van der Waals surface area contributed by atoms with Gasteiger partial charge in [0.15, 0.2) is 0 Å². The molecule has 0 aliphatic rings.